The predicted molar refractivity (Wildman–Crippen MR) is 95.1 cm³/mol. The van der Waals surface area contributed by atoms with E-state index in [2.05, 4.69) is 5.32 Å². The van der Waals surface area contributed by atoms with Gasteiger partial charge >= 0.3 is 0 Å². The molecular formula is C19H28N2O4. The lowest BCUT2D eigenvalue weighted by Crippen LogP contribution is -2.41. The van der Waals surface area contributed by atoms with Crippen molar-refractivity contribution in [2.75, 3.05) is 47.0 Å². The van der Waals surface area contributed by atoms with Crippen molar-refractivity contribution in [3.05, 3.63) is 23.8 Å². The zero-order chi connectivity index (χ0) is 17.8. The molecule has 0 spiro atoms. The van der Waals surface area contributed by atoms with Crippen LogP contribution in [0.4, 0.5) is 0 Å². The number of rotatable bonds is 5. The van der Waals surface area contributed by atoms with Crippen molar-refractivity contribution in [3.8, 4) is 11.5 Å². The van der Waals surface area contributed by atoms with Crippen LogP contribution in [0.5, 0.6) is 11.5 Å². The number of aliphatic hydroxyl groups is 1. The summed E-state index contributed by atoms with van der Waals surface area (Å²) in [6, 6.07) is 5.31. The second kappa shape index (κ2) is 8.06. The van der Waals surface area contributed by atoms with Crippen LogP contribution in [0.1, 0.15) is 23.2 Å². The molecule has 2 fully saturated rings. The number of methoxy groups -OCH3 is 2. The first-order valence-electron chi connectivity index (χ1n) is 9.00. The number of carbonyl (C=O) groups is 1. The van der Waals surface area contributed by atoms with E-state index < -0.39 is 0 Å². The van der Waals surface area contributed by atoms with E-state index in [0.29, 0.717) is 34.8 Å². The number of ether oxygens (including phenoxy) is 2. The van der Waals surface area contributed by atoms with Crippen LogP contribution in [-0.2, 0) is 0 Å². The molecule has 2 atom stereocenters. The summed E-state index contributed by atoms with van der Waals surface area (Å²) in [5.74, 6) is 2.72. The zero-order valence-electron chi connectivity index (χ0n) is 15.0. The van der Waals surface area contributed by atoms with Crippen LogP contribution in [0.25, 0.3) is 0 Å². The molecule has 1 aromatic rings. The van der Waals surface area contributed by atoms with E-state index in [9.17, 15) is 9.90 Å². The minimum atomic E-state index is 0.0441. The van der Waals surface area contributed by atoms with Gasteiger partial charge in [0.05, 0.1) is 14.2 Å². The summed E-state index contributed by atoms with van der Waals surface area (Å²) in [6.07, 6.45) is 2.00. The SMILES string of the molecule is COc1ccc(C(=O)N2CCC([C@@H]3CNC[C@H]3CO)CC2)cc1OC. The number of carbonyl (C=O) groups excluding carboxylic acids is 1. The average Bonchev–Trinajstić information content (AvgIpc) is 3.15. The Bertz CT molecular complexity index is 599. The summed E-state index contributed by atoms with van der Waals surface area (Å²) in [6.45, 7) is 3.69. The highest BCUT2D eigenvalue weighted by Gasteiger charge is 2.35. The molecule has 2 N–H and O–H groups in total. The van der Waals surface area contributed by atoms with Crippen LogP contribution in [0, 0.1) is 17.8 Å². The van der Waals surface area contributed by atoms with Gasteiger partial charge in [-0.25, -0.2) is 0 Å². The first-order valence-corrected chi connectivity index (χ1v) is 9.00. The Kier molecular flexibility index (Phi) is 5.81. The quantitative estimate of drug-likeness (QED) is 0.841. The normalized spacial score (nSPS) is 24.4. The maximum absolute atomic E-state index is 12.8. The average molecular weight is 348 g/mol. The number of aliphatic hydroxyl groups excluding tert-OH is 1. The summed E-state index contributed by atoms with van der Waals surface area (Å²) in [4.78, 5) is 14.7. The van der Waals surface area contributed by atoms with Crippen molar-refractivity contribution in [1.82, 2.24) is 10.2 Å². The molecule has 138 valence electrons. The van der Waals surface area contributed by atoms with E-state index in [1.165, 1.54) is 0 Å². The Balaban J connectivity index is 1.62. The second-order valence-corrected chi connectivity index (χ2v) is 6.96. The summed E-state index contributed by atoms with van der Waals surface area (Å²) in [5.41, 5.74) is 0.631. The van der Waals surface area contributed by atoms with Gasteiger partial charge in [-0.15, -0.1) is 0 Å². The van der Waals surface area contributed by atoms with Gasteiger partial charge in [-0.2, -0.15) is 0 Å². The van der Waals surface area contributed by atoms with Gasteiger partial charge in [0.1, 0.15) is 0 Å². The molecule has 2 heterocycles. The minimum Gasteiger partial charge on any atom is -0.493 e. The molecule has 1 aromatic carbocycles. The lowest BCUT2D eigenvalue weighted by Gasteiger charge is -2.36. The molecule has 0 bridgehead atoms. The molecular weight excluding hydrogens is 320 g/mol. The minimum absolute atomic E-state index is 0.0441. The lowest BCUT2D eigenvalue weighted by atomic mass is 9.78. The van der Waals surface area contributed by atoms with Gasteiger partial charge in [0.15, 0.2) is 11.5 Å². The predicted octanol–water partition coefficient (Wildman–Crippen LogP) is 1.38. The highest BCUT2D eigenvalue weighted by molar-refractivity contribution is 5.95. The molecule has 3 rings (SSSR count). The fourth-order valence-electron chi connectivity index (χ4n) is 4.19. The van der Waals surface area contributed by atoms with E-state index in [-0.39, 0.29) is 12.5 Å². The third-order valence-electron chi connectivity index (χ3n) is 5.69. The molecule has 25 heavy (non-hydrogen) atoms. The largest absolute Gasteiger partial charge is 0.493 e. The fourth-order valence-corrected chi connectivity index (χ4v) is 4.19. The van der Waals surface area contributed by atoms with E-state index in [1.807, 2.05) is 4.90 Å². The molecule has 6 nitrogen and oxygen atoms in total. The monoisotopic (exact) mass is 348 g/mol. The van der Waals surface area contributed by atoms with Gasteiger partial charge in [-0.05, 0) is 55.3 Å². The van der Waals surface area contributed by atoms with Crippen LogP contribution in [0.2, 0.25) is 0 Å². The number of nitrogens with one attached hydrogen (secondary N) is 1. The summed E-state index contributed by atoms with van der Waals surface area (Å²) < 4.78 is 10.5. The maximum atomic E-state index is 12.8. The summed E-state index contributed by atoms with van der Waals surface area (Å²) in [5, 5.41) is 12.9. The molecule has 0 aromatic heterocycles. The standard InChI is InChI=1S/C19H28N2O4/c1-24-17-4-3-14(9-18(17)25-2)19(23)21-7-5-13(6-8-21)16-11-20-10-15(16)12-22/h3-4,9,13,15-16,20,22H,5-8,10-12H2,1-2H3/t15-,16-/m0/s1. The van der Waals surface area contributed by atoms with E-state index >= 15 is 0 Å². The van der Waals surface area contributed by atoms with Crippen molar-refractivity contribution >= 4 is 5.91 Å². The number of benzene rings is 1. The smallest absolute Gasteiger partial charge is 0.253 e. The molecule has 1 amide bonds. The first kappa shape index (κ1) is 18.0. The molecule has 2 aliphatic rings. The maximum Gasteiger partial charge on any atom is 0.253 e. The Morgan fingerprint density at radius 1 is 1.20 bits per heavy atom. The summed E-state index contributed by atoms with van der Waals surface area (Å²) >= 11 is 0. The van der Waals surface area contributed by atoms with Crippen molar-refractivity contribution in [1.29, 1.82) is 0 Å². The number of hydrogen-bond donors (Lipinski definition) is 2. The van der Waals surface area contributed by atoms with Gasteiger partial charge in [0.2, 0.25) is 0 Å². The van der Waals surface area contributed by atoms with Crippen molar-refractivity contribution in [2.24, 2.45) is 17.8 Å². The number of amides is 1. The second-order valence-electron chi connectivity index (χ2n) is 6.96. The highest BCUT2D eigenvalue weighted by atomic mass is 16.5. The van der Waals surface area contributed by atoms with Gasteiger partial charge in [-0.1, -0.05) is 0 Å². The van der Waals surface area contributed by atoms with Crippen LogP contribution >= 0.6 is 0 Å². The molecule has 6 heteroatoms. The highest BCUT2D eigenvalue weighted by Crippen LogP contribution is 2.33. The lowest BCUT2D eigenvalue weighted by molar-refractivity contribution is 0.0625. The number of nitrogens with zero attached hydrogens (tertiary/aromatic N) is 1. The summed E-state index contributed by atoms with van der Waals surface area (Å²) in [7, 11) is 3.16. The molecule has 0 saturated carbocycles. The number of hydrogen-bond acceptors (Lipinski definition) is 5. The van der Waals surface area contributed by atoms with Crippen LogP contribution in [0.15, 0.2) is 18.2 Å². The third-order valence-corrected chi connectivity index (χ3v) is 5.69. The first-order chi connectivity index (χ1) is 12.2. The number of likely N-dealkylation sites (tertiary alicyclic amines) is 1. The Morgan fingerprint density at radius 2 is 1.92 bits per heavy atom. The van der Waals surface area contributed by atoms with Gasteiger partial charge in [0.25, 0.3) is 5.91 Å². The molecule has 0 unspecified atom stereocenters. The van der Waals surface area contributed by atoms with Crippen LogP contribution in [0.3, 0.4) is 0 Å². The fraction of sp³-hybridized carbons (Fsp3) is 0.632. The molecule has 0 aliphatic carbocycles. The van der Waals surface area contributed by atoms with Crippen LogP contribution in [-0.4, -0.2) is 62.9 Å². The Hall–Kier alpha value is -1.79. The van der Waals surface area contributed by atoms with E-state index in [1.54, 1.807) is 32.4 Å². The van der Waals surface area contributed by atoms with Gasteiger partial charge < -0.3 is 24.8 Å². The zero-order valence-corrected chi connectivity index (χ0v) is 15.0. The van der Waals surface area contributed by atoms with Gasteiger partial charge in [0, 0.05) is 31.8 Å². The van der Waals surface area contributed by atoms with E-state index in [4.69, 9.17) is 9.47 Å². The van der Waals surface area contributed by atoms with E-state index in [0.717, 1.165) is 39.0 Å². The van der Waals surface area contributed by atoms with Gasteiger partial charge in [-0.3, -0.25) is 4.79 Å². The molecule has 2 aliphatic heterocycles. The number of piperidine rings is 1. The molecule has 2 saturated heterocycles. The molecule has 0 radical (unpaired) electrons. The topological polar surface area (TPSA) is 71.0 Å². The Labute approximate surface area is 149 Å². The van der Waals surface area contributed by atoms with Crippen molar-refractivity contribution in [2.45, 2.75) is 12.8 Å². The van der Waals surface area contributed by atoms with Crippen molar-refractivity contribution < 1.29 is 19.4 Å². The van der Waals surface area contributed by atoms with Crippen LogP contribution < -0.4 is 14.8 Å². The Morgan fingerprint density at radius 3 is 2.56 bits per heavy atom. The van der Waals surface area contributed by atoms with Crippen molar-refractivity contribution in [3.63, 3.8) is 0 Å². The third kappa shape index (κ3) is 3.75.